The number of anilines is 2. The number of unbranched alkanes of at least 4 members (excludes halogenated alkanes) is 1. The number of aliphatic imine (C=N–C) groups is 1. The van der Waals surface area contributed by atoms with Crippen molar-refractivity contribution in [3.05, 3.63) is 64.4 Å². The third-order valence-corrected chi connectivity index (χ3v) is 7.81. The summed E-state index contributed by atoms with van der Waals surface area (Å²) >= 11 is 12.6. The summed E-state index contributed by atoms with van der Waals surface area (Å²) in [4.78, 5) is 13.2. The topological polar surface area (TPSA) is 114 Å². The second kappa shape index (κ2) is 14.4. The highest BCUT2D eigenvalue weighted by Crippen LogP contribution is 2.34. The highest BCUT2D eigenvalue weighted by molar-refractivity contribution is 7.98. The van der Waals surface area contributed by atoms with E-state index < -0.39 is 10.0 Å². The van der Waals surface area contributed by atoms with Gasteiger partial charge in [0.2, 0.25) is 10.0 Å². The van der Waals surface area contributed by atoms with Gasteiger partial charge in [-0.25, -0.2) is 27.7 Å². The van der Waals surface area contributed by atoms with Crippen LogP contribution in [0.15, 0.2) is 63.4 Å². The summed E-state index contributed by atoms with van der Waals surface area (Å²) in [6.45, 7) is 4.32. The molecule has 0 bridgehead atoms. The molecule has 8 nitrogen and oxygen atoms in total. The minimum atomic E-state index is -3.50. The first-order valence-corrected chi connectivity index (χ1v) is 14.5. The Morgan fingerprint density at radius 2 is 1.78 bits per heavy atom. The van der Waals surface area contributed by atoms with Crippen molar-refractivity contribution in [2.45, 2.75) is 36.6 Å². The number of benzene rings is 2. The molecule has 3 rings (SSSR count). The van der Waals surface area contributed by atoms with E-state index in [1.807, 2.05) is 19.2 Å². The zero-order chi connectivity index (χ0) is 26.7. The van der Waals surface area contributed by atoms with Crippen molar-refractivity contribution >= 4 is 68.5 Å². The molecule has 0 aliphatic rings. The molecule has 0 saturated heterocycles. The maximum atomic E-state index is 12.6. The lowest BCUT2D eigenvalue weighted by Crippen LogP contribution is -2.27. The number of sulfonamides is 1. The van der Waals surface area contributed by atoms with Crippen molar-refractivity contribution in [3.8, 4) is 0 Å². The summed E-state index contributed by atoms with van der Waals surface area (Å²) < 4.78 is 26.6. The number of nitrogens with one attached hydrogen (secondary N) is 1. The minimum Gasteiger partial charge on any atom is -0.390 e. The van der Waals surface area contributed by atoms with Gasteiger partial charge >= 0.3 is 0 Å². The van der Waals surface area contributed by atoms with Crippen LogP contribution in [-0.4, -0.2) is 48.9 Å². The number of nitrogens with two attached hydrogens (primary N) is 1. The van der Waals surface area contributed by atoms with E-state index in [4.69, 9.17) is 28.9 Å². The summed E-state index contributed by atoms with van der Waals surface area (Å²) in [7, 11) is -1.90. The molecular weight excluding hydrogens is 539 g/mol. The Balaban J connectivity index is 0.000000482. The fourth-order valence-corrected chi connectivity index (χ4v) is 5.16. The smallest absolute Gasteiger partial charge is 0.242 e. The monoisotopic (exact) mass is 568 g/mol. The van der Waals surface area contributed by atoms with Gasteiger partial charge in [0.05, 0.1) is 11.2 Å². The van der Waals surface area contributed by atoms with Crippen LogP contribution in [0.1, 0.15) is 25.6 Å². The van der Waals surface area contributed by atoms with Crippen LogP contribution in [0.5, 0.6) is 0 Å². The largest absolute Gasteiger partial charge is 0.390 e. The van der Waals surface area contributed by atoms with Crippen LogP contribution in [0.25, 0.3) is 0 Å². The number of halogens is 2. The SMILES string of the molecule is CCCCN(C)S(=O)(=O)c1ccc(Nc2nc(C)nc(SC)c2N=CN)cc1.Clc1cccc(Cl)c1. The molecule has 36 heavy (non-hydrogen) atoms. The molecule has 3 aromatic rings. The first-order chi connectivity index (χ1) is 17.1. The number of nitrogens with zero attached hydrogens (tertiary/aromatic N) is 4. The van der Waals surface area contributed by atoms with Gasteiger partial charge in [-0.05, 0) is 62.1 Å². The maximum absolute atomic E-state index is 12.6. The Bertz CT molecular complexity index is 1250. The molecule has 12 heteroatoms. The lowest BCUT2D eigenvalue weighted by atomic mass is 10.3. The number of hydrogen-bond acceptors (Lipinski definition) is 7. The van der Waals surface area contributed by atoms with Crippen LogP contribution in [0.3, 0.4) is 0 Å². The van der Waals surface area contributed by atoms with Gasteiger partial charge in [0.1, 0.15) is 16.5 Å². The summed E-state index contributed by atoms with van der Waals surface area (Å²) in [5, 5.41) is 5.23. The molecule has 0 radical (unpaired) electrons. The number of thioether (sulfide) groups is 1. The molecule has 0 unspecified atom stereocenters. The molecule has 0 aliphatic carbocycles. The number of aromatic nitrogens is 2. The molecule has 2 aromatic carbocycles. The van der Waals surface area contributed by atoms with Gasteiger partial charge in [0, 0.05) is 29.3 Å². The highest BCUT2D eigenvalue weighted by Gasteiger charge is 2.20. The van der Waals surface area contributed by atoms with Crippen molar-refractivity contribution in [1.29, 1.82) is 0 Å². The molecule has 3 N–H and O–H groups in total. The van der Waals surface area contributed by atoms with Gasteiger partial charge in [-0.3, -0.25) is 0 Å². The van der Waals surface area contributed by atoms with Crippen LogP contribution in [-0.2, 0) is 10.0 Å². The fraction of sp³-hybridized carbons (Fsp3) is 0.292. The first-order valence-electron chi connectivity index (χ1n) is 11.0. The summed E-state index contributed by atoms with van der Waals surface area (Å²) in [6, 6.07) is 13.6. The number of rotatable bonds is 9. The molecule has 0 atom stereocenters. The molecule has 0 fully saturated rings. The second-order valence-corrected chi connectivity index (χ2v) is 11.2. The average Bonchev–Trinajstić information content (AvgIpc) is 2.84. The molecular formula is C24H30Cl2N6O2S2. The Morgan fingerprint density at radius 1 is 1.14 bits per heavy atom. The normalized spacial score (nSPS) is 11.4. The quantitative estimate of drug-likeness (QED) is 0.135. The van der Waals surface area contributed by atoms with Crippen LogP contribution < -0.4 is 11.1 Å². The Hall–Kier alpha value is -2.37. The van der Waals surface area contributed by atoms with E-state index in [9.17, 15) is 8.42 Å². The van der Waals surface area contributed by atoms with Crippen LogP contribution in [0, 0.1) is 6.92 Å². The number of hydrogen-bond donors (Lipinski definition) is 2. The molecule has 194 valence electrons. The van der Waals surface area contributed by atoms with Gasteiger partial charge < -0.3 is 11.1 Å². The molecule has 1 aromatic heterocycles. The first kappa shape index (κ1) is 29.9. The molecule has 1 heterocycles. The molecule has 0 saturated carbocycles. The van der Waals surface area contributed by atoms with Crippen molar-refractivity contribution in [1.82, 2.24) is 14.3 Å². The van der Waals surface area contributed by atoms with Crippen molar-refractivity contribution < 1.29 is 8.42 Å². The van der Waals surface area contributed by atoms with Crippen LogP contribution in [0.4, 0.5) is 17.2 Å². The lowest BCUT2D eigenvalue weighted by Gasteiger charge is -2.17. The third kappa shape index (κ3) is 8.63. The summed E-state index contributed by atoms with van der Waals surface area (Å²) in [5.74, 6) is 1.11. The Morgan fingerprint density at radius 3 is 2.28 bits per heavy atom. The highest BCUT2D eigenvalue weighted by atomic mass is 35.5. The van der Waals surface area contributed by atoms with Crippen LogP contribution in [0.2, 0.25) is 10.0 Å². The van der Waals surface area contributed by atoms with Crippen molar-refractivity contribution in [3.63, 3.8) is 0 Å². The third-order valence-electron chi connectivity index (χ3n) is 4.80. The predicted octanol–water partition coefficient (Wildman–Crippen LogP) is 6.28. The Kier molecular flexibility index (Phi) is 11.9. The molecule has 0 spiro atoms. The standard InChI is InChI=1S/C18H26N6O2S2.C6H4Cl2/c1-5-6-11-24(3)28(25,26)15-9-7-14(8-10-15)23-17-16(20-12-19)18(27-4)22-13(2)21-17;7-5-2-1-3-6(8)4-5/h7-10,12H,5-6,11H2,1-4H3,(H2,19,20)(H,21,22,23);1-4H. The zero-order valence-electron chi connectivity index (χ0n) is 20.6. The van der Waals surface area contributed by atoms with Crippen molar-refractivity contribution in [2.75, 3.05) is 25.2 Å². The zero-order valence-corrected chi connectivity index (χ0v) is 23.7. The number of aryl methyl sites for hydroxylation is 1. The van der Waals surface area contributed by atoms with Crippen LogP contribution >= 0.6 is 35.0 Å². The summed E-state index contributed by atoms with van der Waals surface area (Å²) in [6.07, 6.45) is 4.86. The summed E-state index contributed by atoms with van der Waals surface area (Å²) in [5.41, 5.74) is 6.69. The van der Waals surface area contributed by atoms with E-state index in [1.54, 1.807) is 56.4 Å². The van der Waals surface area contributed by atoms with Gasteiger partial charge in [-0.2, -0.15) is 0 Å². The fourth-order valence-electron chi connectivity index (χ4n) is 2.95. The minimum absolute atomic E-state index is 0.250. The van der Waals surface area contributed by atoms with Gasteiger partial charge in [-0.1, -0.05) is 42.6 Å². The maximum Gasteiger partial charge on any atom is 0.242 e. The van der Waals surface area contributed by atoms with E-state index in [0.717, 1.165) is 12.8 Å². The lowest BCUT2D eigenvalue weighted by molar-refractivity contribution is 0.459. The van der Waals surface area contributed by atoms with E-state index in [-0.39, 0.29) is 4.90 Å². The second-order valence-electron chi connectivity index (χ2n) is 7.52. The molecule has 0 amide bonds. The predicted molar refractivity (Wildman–Crippen MR) is 152 cm³/mol. The molecule has 0 aliphatic heterocycles. The van der Waals surface area contributed by atoms with E-state index in [2.05, 4.69) is 20.3 Å². The van der Waals surface area contributed by atoms with E-state index in [1.165, 1.54) is 22.4 Å². The van der Waals surface area contributed by atoms with E-state index in [0.29, 0.717) is 44.6 Å². The van der Waals surface area contributed by atoms with E-state index >= 15 is 0 Å². The van der Waals surface area contributed by atoms with Crippen molar-refractivity contribution in [2.24, 2.45) is 10.7 Å². The average molecular weight is 570 g/mol. The van der Waals surface area contributed by atoms with Gasteiger partial charge in [-0.15, -0.1) is 11.8 Å². The Labute approximate surface area is 227 Å². The van der Waals surface area contributed by atoms with Gasteiger partial charge in [0.15, 0.2) is 5.82 Å². The van der Waals surface area contributed by atoms with Gasteiger partial charge in [0.25, 0.3) is 0 Å².